The molecule has 0 aliphatic rings. The van der Waals surface area contributed by atoms with Gasteiger partial charge in [-0.05, 0) is 37.6 Å². The fourth-order valence-corrected chi connectivity index (χ4v) is 3.52. The van der Waals surface area contributed by atoms with Crippen molar-refractivity contribution in [2.24, 2.45) is 0 Å². The average molecular weight is 310 g/mol. The topological polar surface area (TPSA) is 63.8 Å². The van der Waals surface area contributed by atoms with Crippen LogP contribution in [0.2, 0.25) is 0 Å². The molecule has 0 bridgehead atoms. The van der Waals surface area contributed by atoms with Crippen molar-refractivity contribution in [2.45, 2.75) is 20.4 Å². The summed E-state index contributed by atoms with van der Waals surface area (Å²) in [7, 11) is 0. The average Bonchev–Trinajstić information content (AvgIpc) is 3.14. The first-order valence-corrected chi connectivity index (χ1v) is 7.82. The second-order valence-corrected chi connectivity index (χ2v) is 6.18. The Morgan fingerprint density at radius 2 is 2.18 bits per heavy atom. The van der Waals surface area contributed by atoms with Gasteiger partial charge in [-0.25, -0.2) is 15.0 Å². The van der Waals surface area contributed by atoms with Crippen molar-refractivity contribution >= 4 is 37.6 Å². The summed E-state index contributed by atoms with van der Waals surface area (Å²) in [6, 6.07) is 5.96. The normalized spacial score (nSPS) is 11.4. The summed E-state index contributed by atoms with van der Waals surface area (Å²) in [6.45, 7) is 4.70. The lowest BCUT2D eigenvalue weighted by Crippen LogP contribution is -2.00. The standard InChI is InChI=1S/C16H14N4OS/c1-9-6-12-13-14(22-16(12)20-10(9)2)15(19-8-18-13)17-7-11-4-3-5-21-11/h3-6,8H,7H2,1-2H3,(H,17,18,19). The zero-order valence-corrected chi connectivity index (χ0v) is 13.1. The molecule has 0 unspecified atom stereocenters. The summed E-state index contributed by atoms with van der Waals surface area (Å²) in [5.41, 5.74) is 3.18. The Hall–Kier alpha value is -2.47. The van der Waals surface area contributed by atoms with Gasteiger partial charge in [0.05, 0.1) is 23.0 Å². The number of pyridine rings is 1. The van der Waals surface area contributed by atoms with Gasteiger partial charge >= 0.3 is 0 Å². The van der Waals surface area contributed by atoms with Gasteiger partial charge in [-0.1, -0.05) is 0 Å². The highest BCUT2D eigenvalue weighted by atomic mass is 32.1. The van der Waals surface area contributed by atoms with Crippen LogP contribution in [0.15, 0.2) is 35.2 Å². The van der Waals surface area contributed by atoms with Crippen molar-refractivity contribution in [3.05, 3.63) is 47.8 Å². The SMILES string of the molecule is Cc1cc2c(nc1C)sc1c(NCc3ccco3)ncnc12. The molecule has 0 amide bonds. The third-order valence-electron chi connectivity index (χ3n) is 3.70. The summed E-state index contributed by atoms with van der Waals surface area (Å²) < 4.78 is 6.37. The molecule has 22 heavy (non-hydrogen) atoms. The summed E-state index contributed by atoms with van der Waals surface area (Å²) >= 11 is 1.62. The van der Waals surface area contributed by atoms with Crippen LogP contribution in [-0.2, 0) is 6.54 Å². The molecule has 6 heteroatoms. The van der Waals surface area contributed by atoms with Crippen LogP contribution in [0.4, 0.5) is 5.82 Å². The predicted molar refractivity (Wildman–Crippen MR) is 88.2 cm³/mol. The van der Waals surface area contributed by atoms with Crippen LogP contribution in [0.1, 0.15) is 17.0 Å². The van der Waals surface area contributed by atoms with Crippen LogP contribution in [0.25, 0.3) is 20.4 Å². The number of nitrogens with one attached hydrogen (secondary N) is 1. The number of aryl methyl sites for hydroxylation is 2. The Morgan fingerprint density at radius 1 is 1.27 bits per heavy atom. The number of hydrogen-bond donors (Lipinski definition) is 1. The Morgan fingerprint density at radius 3 is 3.00 bits per heavy atom. The van der Waals surface area contributed by atoms with E-state index in [1.807, 2.05) is 19.1 Å². The summed E-state index contributed by atoms with van der Waals surface area (Å²) in [4.78, 5) is 14.5. The van der Waals surface area contributed by atoms with Gasteiger partial charge in [-0.3, -0.25) is 0 Å². The van der Waals surface area contributed by atoms with Crippen molar-refractivity contribution in [1.29, 1.82) is 0 Å². The largest absolute Gasteiger partial charge is 0.467 e. The molecule has 110 valence electrons. The molecule has 4 aromatic heterocycles. The lowest BCUT2D eigenvalue weighted by molar-refractivity contribution is 0.518. The zero-order valence-electron chi connectivity index (χ0n) is 12.3. The van der Waals surface area contributed by atoms with Gasteiger partial charge in [0.1, 0.15) is 22.7 Å². The van der Waals surface area contributed by atoms with Crippen LogP contribution < -0.4 is 5.32 Å². The first-order valence-electron chi connectivity index (χ1n) is 7.00. The van der Waals surface area contributed by atoms with E-state index >= 15 is 0 Å². The smallest absolute Gasteiger partial charge is 0.147 e. The van der Waals surface area contributed by atoms with E-state index < -0.39 is 0 Å². The number of furan rings is 1. The molecule has 4 aromatic rings. The highest BCUT2D eigenvalue weighted by Crippen LogP contribution is 2.35. The van der Waals surface area contributed by atoms with Crippen molar-refractivity contribution in [3.8, 4) is 0 Å². The van der Waals surface area contributed by atoms with Crippen molar-refractivity contribution in [3.63, 3.8) is 0 Å². The van der Waals surface area contributed by atoms with Gasteiger partial charge in [-0.15, -0.1) is 11.3 Å². The Labute approximate surface area is 131 Å². The molecular weight excluding hydrogens is 296 g/mol. The van der Waals surface area contributed by atoms with Gasteiger partial charge < -0.3 is 9.73 Å². The third-order valence-corrected chi connectivity index (χ3v) is 4.79. The molecule has 0 saturated carbocycles. The van der Waals surface area contributed by atoms with Crippen LogP contribution in [0.3, 0.4) is 0 Å². The lowest BCUT2D eigenvalue weighted by atomic mass is 10.2. The van der Waals surface area contributed by atoms with E-state index in [4.69, 9.17) is 4.42 Å². The molecule has 0 aromatic carbocycles. The van der Waals surface area contributed by atoms with Gasteiger partial charge in [0.25, 0.3) is 0 Å². The molecule has 5 nitrogen and oxygen atoms in total. The minimum atomic E-state index is 0.596. The van der Waals surface area contributed by atoms with Crippen LogP contribution >= 0.6 is 11.3 Å². The van der Waals surface area contributed by atoms with Crippen LogP contribution in [0, 0.1) is 13.8 Å². The molecule has 1 N–H and O–H groups in total. The van der Waals surface area contributed by atoms with Crippen molar-refractivity contribution in [2.75, 3.05) is 5.32 Å². The van der Waals surface area contributed by atoms with Crippen LogP contribution in [0.5, 0.6) is 0 Å². The van der Waals surface area contributed by atoms with Gasteiger partial charge in [0.2, 0.25) is 0 Å². The Bertz CT molecular complexity index is 959. The number of nitrogens with zero attached hydrogens (tertiary/aromatic N) is 3. The molecule has 4 heterocycles. The first kappa shape index (κ1) is 13.2. The minimum absolute atomic E-state index is 0.596. The molecule has 0 atom stereocenters. The maximum Gasteiger partial charge on any atom is 0.147 e. The molecule has 0 saturated heterocycles. The van der Waals surface area contributed by atoms with E-state index in [0.29, 0.717) is 6.54 Å². The number of hydrogen-bond acceptors (Lipinski definition) is 6. The number of rotatable bonds is 3. The Kier molecular flexibility index (Phi) is 3.04. The summed E-state index contributed by atoms with van der Waals surface area (Å²) in [5.74, 6) is 1.69. The first-order chi connectivity index (χ1) is 10.7. The van der Waals surface area contributed by atoms with Gasteiger partial charge in [-0.2, -0.15) is 0 Å². The highest BCUT2D eigenvalue weighted by molar-refractivity contribution is 7.25. The predicted octanol–water partition coefficient (Wildman–Crippen LogP) is 4.06. The van der Waals surface area contributed by atoms with E-state index in [-0.39, 0.29) is 0 Å². The second-order valence-electron chi connectivity index (χ2n) is 5.18. The highest BCUT2D eigenvalue weighted by Gasteiger charge is 2.13. The van der Waals surface area contributed by atoms with Crippen molar-refractivity contribution in [1.82, 2.24) is 15.0 Å². The molecule has 0 aliphatic heterocycles. The number of anilines is 1. The van der Waals surface area contributed by atoms with E-state index in [0.717, 1.165) is 37.7 Å². The Balaban J connectivity index is 1.82. The summed E-state index contributed by atoms with van der Waals surface area (Å²) in [5, 5.41) is 4.41. The monoisotopic (exact) mass is 310 g/mol. The third kappa shape index (κ3) is 2.12. The lowest BCUT2D eigenvalue weighted by Gasteiger charge is -2.03. The van der Waals surface area contributed by atoms with E-state index in [1.165, 1.54) is 5.56 Å². The molecule has 4 rings (SSSR count). The van der Waals surface area contributed by atoms with E-state index in [2.05, 4.69) is 33.3 Å². The fraction of sp³-hybridized carbons (Fsp3) is 0.188. The maximum atomic E-state index is 5.34. The number of thiophene rings is 1. The second kappa shape index (κ2) is 5.06. The van der Waals surface area contributed by atoms with Gasteiger partial charge in [0, 0.05) is 11.1 Å². The molecule has 0 spiro atoms. The molecule has 0 aliphatic carbocycles. The fourth-order valence-electron chi connectivity index (χ4n) is 2.40. The number of fused-ring (bicyclic) bond motifs is 3. The van der Waals surface area contributed by atoms with Crippen molar-refractivity contribution < 1.29 is 4.42 Å². The molecule has 0 fully saturated rings. The summed E-state index contributed by atoms with van der Waals surface area (Å²) in [6.07, 6.45) is 3.26. The van der Waals surface area contributed by atoms with Crippen LogP contribution in [-0.4, -0.2) is 15.0 Å². The maximum absolute atomic E-state index is 5.34. The quantitative estimate of drug-likeness (QED) is 0.618. The van der Waals surface area contributed by atoms with E-state index in [1.54, 1.807) is 23.9 Å². The van der Waals surface area contributed by atoms with E-state index in [9.17, 15) is 0 Å². The van der Waals surface area contributed by atoms with Gasteiger partial charge in [0.15, 0.2) is 0 Å². The molecule has 0 radical (unpaired) electrons. The zero-order chi connectivity index (χ0) is 15.1. The molecular formula is C16H14N4OS. The minimum Gasteiger partial charge on any atom is -0.467 e. The number of aromatic nitrogens is 3.